The Hall–Kier alpha value is -1.26. The Morgan fingerprint density at radius 2 is 2.06 bits per heavy atom. The van der Waals surface area contributed by atoms with E-state index in [4.69, 9.17) is 23.2 Å². The first-order chi connectivity index (χ1) is 8.09. The van der Waals surface area contributed by atoms with Crippen molar-refractivity contribution in [3.05, 3.63) is 32.8 Å². The van der Waals surface area contributed by atoms with Crippen LogP contribution < -0.4 is 5.56 Å². The molecule has 0 amide bonds. The highest BCUT2D eigenvalue weighted by molar-refractivity contribution is 6.35. The molecule has 0 radical (unpaired) electrons. The summed E-state index contributed by atoms with van der Waals surface area (Å²) in [6, 6.07) is 2.99. The van der Waals surface area contributed by atoms with Crippen LogP contribution in [0.15, 0.2) is 16.9 Å². The summed E-state index contributed by atoms with van der Waals surface area (Å²) in [7, 11) is 0. The van der Waals surface area contributed by atoms with Gasteiger partial charge in [0.25, 0.3) is 5.56 Å². The summed E-state index contributed by atoms with van der Waals surface area (Å²) in [5.41, 5.74) is -0.132. The fourth-order valence-electron chi connectivity index (χ4n) is 1.87. The number of aromatic hydroxyl groups is 1. The van der Waals surface area contributed by atoms with E-state index >= 15 is 0 Å². The highest BCUT2D eigenvalue weighted by Crippen LogP contribution is 2.37. The topological polar surface area (TPSA) is 55.1 Å². The van der Waals surface area contributed by atoms with Crippen molar-refractivity contribution in [1.29, 1.82) is 0 Å². The van der Waals surface area contributed by atoms with Crippen molar-refractivity contribution in [2.75, 3.05) is 0 Å². The molecule has 6 heteroatoms. The first kappa shape index (κ1) is 10.9. The van der Waals surface area contributed by atoms with Crippen LogP contribution in [0.1, 0.15) is 18.9 Å². The second-order valence-electron chi connectivity index (χ2n) is 4.08. The molecular weight excluding hydrogens is 263 g/mol. The predicted octanol–water partition coefficient (Wildman–Crippen LogP) is 2.74. The molecule has 1 saturated carbocycles. The van der Waals surface area contributed by atoms with Gasteiger partial charge in [0.1, 0.15) is 11.3 Å². The van der Waals surface area contributed by atoms with Gasteiger partial charge in [-0.3, -0.25) is 9.36 Å². The number of phenolic OH excluding ortho intramolecular Hbond substituents is 1. The van der Waals surface area contributed by atoms with E-state index in [0.717, 1.165) is 12.8 Å². The summed E-state index contributed by atoms with van der Waals surface area (Å²) in [6.07, 6.45) is 1.84. The van der Waals surface area contributed by atoms with Crippen LogP contribution in [0, 0.1) is 0 Å². The molecule has 1 N–H and O–H groups in total. The lowest BCUT2D eigenvalue weighted by atomic mass is 10.2. The molecule has 1 aliphatic rings. The van der Waals surface area contributed by atoms with Gasteiger partial charge in [0, 0.05) is 6.04 Å². The van der Waals surface area contributed by atoms with Crippen molar-refractivity contribution >= 4 is 34.1 Å². The van der Waals surface area contributed by atoms with Crippen molar-refractivity contribution < 1.29 is 5.11 Å². The Bertz CT molecular complexity index is 677. The van der Waals surface area contributed by atoms with Crippen molar-refractivity contribution in [3.8, 4) is 5.75 Å². The largest absolute Gasteiger partial charge is 0.506 e. The molecule has 17 heavy (non-hydrogen) atoms. The molecule has 0 spiro atoms. The molecule has 2 aromatic rings. The number of phenols is 1. The van der Waals surface area contributed by atoms with Gasteiger partial charge in [0.15, 0.2) is 0 Å². The Balaban J connectivity index is 2.48. The fraction of sp³-hybridized carbons (Fsp3) is 0.273. The quantitative estimate of drug-likeness (QED) is 0.811. The smallest absolute Gasteiger partial charge is 0.264 e. The van der Waals surface area contributed by atoms with Crippen molar-refractivity contribution in [2.24, 2.45) is 0 Å². The molecule has 0 atom stereocenters. The number of hydrogen-bond donors (Lipinski definition) is 1. The minimum atomic E-state index is -0.289. The number of halogens is 2. The number of fused-ring (bicyclic) bond motifs is 1. The monoisotopic (exact) mass is 270 g/mol. The van der Waals surface area contributed by atoms with Crippen LogP contribution in [0.25, 0.3) is 10.9 Å². The third-order valence-electron chi connectivity index (χ3n) is 2.85. The van der Waals surface area contributed by atoms with Gasteiger partial charge >= 0.3 is 0 Å². The minimum absolute atomic E-state index is 0.0913. The second kappa shape index (κ2) is 3.62. The number of benzene rings is 1. The molecule has 0 bridgehead atoms. The molecular formula is C11H8Cl2N2O2. The number of nitrogens with zero attached hydrogens (tertiary/aromatic N) is 2. The number of aromatic nitrogens is 2. The normalized spacial score (nSPS) is 15.4. The molecule has 0 aliphatic heterocycles. The van der Waals surface area contributed by atoms with Gasteiger partial charge in [0.2, 0.25) is 5.28 Å². The third-order valence-corrected chi connectivity index (χ3v) is 3.43. The zero-order valence-electron chi connectivity index (χ0n) is 8.65. The number of rotatable bonds is 1. The van der Waals surface area contributed by atoms with Gasteiger partial charge in [-0.25, -0.2) is 4.98 Å². The third kappa shape index (κ3) is 1.59. The van der Waals surface area contributed by atoms with E-state index < -0.39 is 0 Å². The fourth-order valence-corrected chi connectivity index (χ4v) is 2.40. The van der Waals surface area contributed by atoms with E-state index in [1.807, 2.05) is 0 Å². The number of hydrogen-bond acceptors (Lipinski definition) is 3. The predicted molar refractivity (Wildman–Crippen MR) is 66.0 cm³/mol. The van der Waals surface area contributed by atoms with Crippen LogP contribution in [-0.4, -0.2) is 14.7 Å². The van der Waals surface area contributed by atoms with Crippen molar-refractivity contribution in [2.45, 2.75) is 18.9 Å². The van der Waals surface area contributed by atoms with E-state index in [-0.39, 0.29) is 38.6 Å². The zero-order valence-corrected chi connectivity index (χ0v) is 10.2. The molecule has 1 aromatic carbocycles. The van der Waals surface area contributed by atoms with Crippen molar-refractivity contribution in [1.82, 2.24) is 9.55 Å². The molecule has 0 unspecified atom stereocenters. The van der Waals surface area contributed by atoms with Crippen LogP contribution in [0.3, 0.4) is 0 Å². The molecule has 3 rings (SSSR count). The molecule has 1 aromatic heterocycles. The Morgan fingerprint density at radius 1 is 1.35 bits per heavy atom. The van der Waals surface area contributed by atoms with Crippen LogP contribution >= 0.6 is 23.2 Å². The van der Waals surface area contributed by atoms with Crippen molar-refractivity contribution in [3.63, 3.8) is 0 Å². The van der Waals surface area contributed by atoms with Gasteiger partial charge in [-0.15, -0.1) is 0 Å². The summed E-state index contributed by atoms with van der Waals surface area (Å²) in [5, 5.41) is 10.3. The van der Waals surface area contributed by atoms with E-state index in [0.29, 0.717) is 0 Å². The summed E-state index contributed by atoms with van der Waals surface area (Å²) in [4.78, 5) is 16.3. The molecule has 1 aliphatic carbocycles. The highest BCUT2D eigenvalue weighted by atomic mass is 35.5. The average Bonchev–Trinajstić information content (AvgIpc) is 3.07. The molecule has 4 nitrogen and oxygen atoms in total. The summed E-state index contributed by atoms with van der Waals surface area (Å²) < 4.78 is 1.44. The van der Waals surface area contributed by atoms with Crippen LogP contribution in [0.5, 0.6) is 5.75 Å². The van der Waals surface area contributed by atoms with Gasteiger partial charge < -0.3 is 5.11 Å². The maximum absolute atomic E-state index is 12.2. The van der Waals surface area contributed by atoms with E-state index in [1.54, 1.807) is 0 Å². The molecule has 1 heterocycles. The first-order valence-electron chi connectivity index (χ1n) is 5.19. The Morgan fingerprint density at radius 3 is 2.71 bits per heavy atom. The molecule has 0 saturated heterocycles. The van der Waals surface area contributed by atoms with E-state index in [2.05, 4.69) is 4.98 Å². The average molecular weight is 271 g/mol. The van der Waals surface area contributed by atoms with Gasteiger partial charge in [-0.2, -0.15) is 0 Å². The van der Waals surface area contributed by atoms with Crippen LogP contribution in [0.4, 0.5) is 0 Å². The minimum Gasteiger partial charge on any atom is -0.506 e. The van der Waals surface area contributed by atoms with Crippen LogP contribution in [-0.2, 0) is 0 Å². The molecule has 1 fully saturated rings. The first-order valence-corrected chi connectivity index (χ1v) is 5.94. The lowest BCUT2D eigenvalue weighted by Crippen LogP contribution is -2.21. The molecule has 88 valence electrons. The van der Waals surface area contributed by atoms with Gasteiger partial charge in [-0.1, -0.05) is 11.6 Å². The van der Waals surface area contributed by atoms with E-state index in [9.17, 15) is 9.90 Å². The SMILES string of the molecule is O=c1c2c(Cl)ccc(O)c2nc(Cl)n1C1CC1. The van der Waals surface area contributed by atoms with Gasteiger partial charge in [0.05, 0.1) is 10.4 Å². The Kier molecular flexibility index (Phi) is 2.31. The zero-order chi connectivity index (χ0) is 12.2. The lowest BCUT2D eigenvalue weighted by molar-refractivity contribution is 0.480. The maximum Gasteiger partial charge on any atom is 0.264 e. The van der Waals surface area contributed by atoms with Gasteiger partial charge in [-0.05, 0) is 36.6 Å². The second-order valence-corrected chi connectivity index (χ2v) is 4.82. The van der Waals surface area contributed by atoms with Crippen LogP contribution in [0.2, 0.25) is 10.3 Å². The highest BCUT2D eigenvalue weighted by Gasteiger charge is 2.28. The summed E-state index contributed by atoms with van der Waals surface area (Å²) >= 11 is 11.9. The summed E-state index contributed by atoms with van der Waals surface area (Å²) in [5.74, 6) is -0.0913. The standard InChI is InChI=1S/C11H8Cl2N2O2/c12-6-3-4-7(16)9-8(6)10(17)15(5-1-2-5)11(13)14-9/h3-5,16H,1-2H2. The summed E-state index contributed by atoms with van der Waals surface area (Å²) in [6.45, 7) is 0. The lowest BCUT2D eigenvalue weighted by Gasteiger charge is -2.09. The van der Waals surface area contributed by atoms with E-state index in [1.165, 1.54) is 16.7 Å². The Labute approximate surface area is 106 Å². The maximum atomic E-state index is 12.2.